The van der Waals surface area contributed by atoms with E-state index in [0.717, 1.165) is 44.2 Å². The van der Waals surface area contributed by atoms with Crippen molar-refractivity contribution in [3.63, 3.8) is 0 Å². The Hall–Kier alpha value is -0.650. The second-order valence-corrected chi connectivity index (χ2v) is 13.6. The van der Waals surface area contributed by atoms with E-state index in [2.05, 4.69) is 45.3 Å². The van der Waals surface area contributed by atoms with Crippen molar-refractivity contribution in [1.29, 1.82) is 0 Å². The van der Waals surface area contributed by atoms with E-state index < -0.39 is 0 Å². The van der Waals surface area contributed by atoms with Crippen LogP contribution in [0.4, 0.5) is 0 Å². The fourth-order valence-corrected chi connectivity index (χ4v) is 9.75. The fourth-order valence-electron chi connectivity index (χ4n) is 9.75. The van der Waals surface area contributed by atoms with Crippen molar-refractivity contribution in [2.24, 2.45) is 46.3 Å². The summed E-state index contributed by atoms with van der Waals surface area (Å²) in [4.78, 5) is 11.8. The van der Waals surface area contributed by atoms with Gasteiger partial charge in [0.1, 0.15) is 0 Å². The Labute approximate surface area is 214 Å². The van der Waals surface area contributed by atoms with Gasteiger partial charge in [-0.05, 0) is 104 Å². The number of rotatable bonds is 9. The molecule has 4 fully saturated rings. The lowest BCUT2D eigenvalue weighted by Crippen LogP contribution is -2.59. The SMILES string of the molecule is COC(=O)CCC(C)C1CCC2C3CC(O)C4CC(NCCNC(C)C)CCC4(C)C3CCC12C. The third-order valence-corrected chi connectivity index (χ3v) is 11.6. The molecule has 0 heterocycles. The summed E-state index contributed by atoms with van der Waals surface area (Å²) in [5.74, 6) is 3.79. The molecule has 35 heavy (non-hydrogen) atoms. The van der Waals surface area contributed by atoms with Crippen molar-refractivity contribution in [2.45, 2.75) is 117 Å². The predicted molar refractivity (Wildman–Crippen MR) is 142 cm³/mol. The zero-order valence-corrected chi connectivity index (χ0v) is 23.4. The molecule has 0 aliphatic heterocycles. The summed E-state index contributed by atoms with van der Waals surface area (Å²) in [6.07, 6.45) is 11.2. The van der Waals surface area contributed by atoms with Gasteiger partial charge in [-0.25, -0.2) is 0 Å². The Balaban J connectivity index is 1.40. The van der Waals surface area contributed by atoms with Crippen LogP contribution in [0.2, 0.25) is 0 Å². The Morgan fingerprint density at radius 1 is 0.971 bits per heavy atom. The first-order chi connectivity index (χ1) is 16.6. The summed E-state index contributed by atoms with van der Waals surface area (Å²) in [5, 5.41) is 18.8. The number of hydrogen-bond acceptors (Lipinski definition) is 5. The maximum absolute atomic E-state index is 11.8. The van der Waals surface area contributed by atoms with E-state index in [1.54, 1.807) is 0 Å². The van der Waals surface area contributed by atoms with Gasteiger partial charge in [-0.3, -0.25) is 4.79 Å². The normalized spacial score (nSPS) is 43.8. The lowest BCUT2D eigenvalue weighted by atomic mass is 9.43. The van der Waals surface area contributed by atoms with Gasteiger partial charge in [0.25, 0.3) is 0 Å². The number of ether oxygens (including phenoxy) is 1. The topological polar surface area (TPSA) is 70.6 Å². The van der Waals surface area contributed by atoms with E-state index in [1.807, 2.05) is 0 Å². The summed E-state index contributed by atoms with van der Waals surface area (Å²) < 4.78 is 4.91. The molecule has 0 aromatic carbocycles. The molecule has 0 spiro atoms. The molecule has 0 saturated heterocycles. The molecule has 0 bridgehead atoms. The summed E-state index contributed by atoms with van der Waals surface area (Å²) in [6.45, 7) is 13.9. The van der Waals surface area contributed by atoms with Crippen molar-refractivity contribution < 1.29 is 14.6 Å². The molecule has 202 valence electrons. The van der Waals surface area contributed by atoms with Gasteiger partial charge in [0.2, 0.25) is 0 Å². The standard InChI is InChI=1S/C30H54N2O3/c1-19(2)31-15-16-32-21-11-13-30(5)25-12-14-29(4)23(20(3)7-10-28(34)35-6)8-9-24(29)22(25)18-27(33)26(30)17-21/h19-27,31-33H,7-18H2,1-6H3. The van der Waals surface area contributed by atoms with E-state index in [9.17, 15) is 9.90 Å². The average molecular weight is 491 g/mol. The van der Waals surface area contributed by atoms with E-state index in [-0.39, 0.29) is 17.5 Å². The minimum absolute atomic E-state index is 0.0732. The average Bonchev–Trinajstić information content (AvgIpc) is 3.18. The predicted octanol–water partition coefficient (Wildman–Crippen LogP) is 5.16. The third-order valence-electron chi connectivity index (χ3n) is 11.6. The molecule has 0 amide bonds. The van der Waals surface area contributed by atoms with E-state index in [1.165, 1.54) is 45.6 Å². The van der Waals surface area contributed by atoms with E-state index in [4.69, 9.17) is 4.74 Å². The largest absolute Gasteiger partial charge is 0.469 e. The number of fused-ring (bicyclic) bond motifs is 5. The Kier molecular flexibility index (Phi) is 8.60. The quantitative estimate of drug-likeness (QED) is 0.308. The maximum Gasteiger partial charge on any atom is 0.305 e. The summed E-state index contributed by atoms with van der Waals surface area (Å²) in [5.41, 5.74) is 0.647. The van der Waals surface area contributed by atoms with Gasteiger partial charge in [0.15, 0.2) is 0 Å². The molecule has 5 nitrogen and oxygen atoms in total. The molecule has 3 N–H and O–H groups in total. The summed E-state index contributed by atoms with van der Waals surface area (Å²) >= 11 is 0. The number of methoxy groups -OCH3 is 1. The monoisotopic (exact) mass is 490 g/mol. The highest BCUT2D eigenvalue weighted by Gasteiger charge is 2.62. The highest BCUT2D eigenvalue weighted by Crippen LogP contribution is 2.68. The fraction of sp³-hybridized carbons (Fsp3) is 0.967. The third kappa shape index (κ3) is 5.34. The van der Waals surface area contributed by atoms with Gasteiger partial charge >= 0.3 is 5.97 Å². The molecular weight excluding hydrogens is 436 g/mol. The number of aliphatic hydroxyl groups is 1. The zero-order chi connectivity index (χ0) is 25.4. The van der Waals surface area contributed by atoms with Gasteiger partial charge in [0, 0.05) is 31.6 Å². The van der Waals surface area contributed by atoms with Crippen LogP contribution < -0.4 is 10.6 Å². The van der Waals surface area contributed by atoms with Gasteiger partial charge < -0.3 is 20.5 Å². The lowest BCUT2D eigenvalue weighted by Gasteiger charge is -2.62. The molecule has 10 atom stereocenters. The molecule has 0 aromatic heterocycles. The molecule has 4 saturated carbocycles. The molecule has 10 unspecified atom stereocenters. The first-order valence-corrected chi connectivity index (χ1v) is 14.8. The Morgan fingerprint density at radius 3 is 2.40 bits per heavy atom. The van der Waals surface area contributed by atoms with Crippen molar-refractivity contribution in [3.8, 4) is 0 Å². The van der Waals surface area contributed by atoms with Crippen LogP contribution in [0.15, 0.2) is 0 Å². The highest BCUT2D eigenvalue weighted by molar-refractivity contribution is 5.69. The van der Waals surface area contributed by atoms with Crippen LogP contribution in [-0.4, -0.2) is 49.5 Å². The molecule has 0 radical (unpaired) electrons. The van der Waals surface area contributed by atoms with Crippen LogP contribution in [0.25, 0.3) is 0 Å². The molecule has 5 heteroatoms. The van der Waals surface area contributed by atoms with Crippen molar-refractivity contribution in [2.75, 3.05) is 20.2 Å². The lowest BCUT2D eigenvalue weighted by molar-refractivity contribution is -0.162. The second kappa shape index (κ2) is 11.0. The maximum atomic E-state index is 11.8. The van der Waals surface area contributed by atoms with Crippen LogP contribution in [-0.2, 0) is 9.53 Å². The molecule has 4 aliphatic carbocycles. The first kappa shape index (κ1) is 27.4. The molecule has 0 aromatic rings. The first-order valence-electron chi connectivity index (χ1n) is 14.8. The van der Waals surface area contributed by atoms with Crippen molar-refractivity contribution >= 4 is 5.97 Å². The molecular formula is C30H54N2O3. The van der Waals surface area contributed by atoms with Gasteiger partial charge in [-0.1, -0.05) is 34.6 Å². The van der Waals surface area contributed by atoms with Crippen LogP contribution >= 0.6 is 0 Å². The van der Waals surface area contributed by atoms with Gasteiger partial charge in [-0.2, -0.15) is 0 Å². The van der Waals surface area contributed by atoms with Crippen LogP contribution in [0, 0.1) is 46.3 Å². The Morgan fingerprint density at radius 2 is 1.69 bits per heavy atom. The van der Waals surface area contributed by atoms with Gasteiger partial charge in [0.05, 0.1) is 13.2 Å². The van der Waals surface area contributed by atoms with Crippen LogP contribution in [0.3, 0.4) is 0 Å². The van der Waals surface area contributed by atoms with Gasteiger partial charge in [-0.15, -0.1) is 0 Å². The van der Waals surface area contributed by atoms with Crippen LogP contribution in [0.1, 0.15) is 98.8 Å². The Bertz CT molecular complexity index is 728. The highest BCUT2D eigenvalue weighted by atomic mass is 16.5. The summed E-state index contributed by atoms with van der Waals surface area (Å²) in [6, 6.07) is 1.08. The minimum atomic E-state index is -0.155. The second-order valence-electron chi connectivity index (χ2n) is 13.6. The number of carbonyl (C=O) groups is 1. The molecule has 4 aliphatic rings. The van der Waals surface area contributed by atoms with E-state index >= 15 is 0 Å². The van der Waals surface area contributed by atoms with Crippen molar-refractivity contribution in [3.05, 3.63) is 0 Å². The minimum Gasteiger partial charge on any atom is -0.469 e. The summed E-state index contributed by atoms with van der Waals surface area (Å²) in [7, 11) is 1.50. The number of hydrogen-bond donors (Lipinski definition) is 3. The van der Waals surface area contributed by atoms with E-state index in [0.29, 0.717) is 47.6 Å². The number of aliphatic hydroxyl groups excluding tert-OH is 1. The smallest absolute Gasteiger partial charge is 0.305 e. The van der Waals surface area contributed by atoms with Crippen LogP contribution in [0.5, 0.6) is 0 Å². The number of nitrogens with one attached hydrogen (secondary N) is 2. The van der Waals surface area contributed by atoms with Crippen molar-refractivity contribution in [1.82, 2.24) is 10.6 Å². The number of carbonyl (C=O) groups excluding carboxylic acids is 1. The zero-order valence-electron chi connectivity index (χ0n) is 23.4. The molecule has 4 rings (SSSR count). The number of esters is 1.